The summed E-state index contributed by atoms with van der Waals surface area (Å²) in [7, 11) is 2.22. The summed E-state index contributed by atoms with van der Waals surface area (Å²) >= 11 is 0. The Morgan fingerprint density at radius 2 is 2.20 bits per heavy atom. The van der Waals surface area contributed by atoms with Crippen molar-refractivity contribution in [2.45, 2.75) is 26.6 Å². The van der Waals surface area contributed by atoms with Crippen molar-refractivity contribution in [1.82, 2.24) is 0 Å². The Labute approximate surface area is 65.4 Å². The third-order valence-electron chi connectivity index (χ3n) is 1.56. The van der Waals surface area contributed by atoms with Crippen LogP contribution in [0, 0.1) is 5.92 Å². The van der Waals surface area contributed by atoms with E-state index >= 15 is 0 Å². The van der Waals surface area contributed by atoms with Gasteiger partial charge in [-0.3, -0.25) is 0 Å². The summed E-state index contributed by atoms with van der Waals surface area (Å²) < 4.78 is 0. The fraction of sp³-hybridized carbons (Fsp3) is 0.556. The molecule has 0 nitrogen and oxygen atoms in total. The summed E-state index contributed by atoms with van der Waals surface area (Å²) in [5.41, 5.74) is 1.41. The van der Waals surface area contributed by atoms with Crippen LogP contribution in [0.4, 0.5) is 0 Å². The van der Waals surface area contributed by atoms with Crippen molar-refractivity contribution < 1.29 is 0 Å². The highest BCUT2D eigenvalue weighted by Gasteiger charge is 1.97. The molecule has 0 amide bonds. The van der Waals surface area contributed by atoms with Gasteiger partial charge in [-0.25, -0.2) is 0 Å². The normalized spacial score (nSPS) is 12.2. The lowest BCUT2D eigenvalue weighted by Gasteiger charge is -2.06. The zero-order valence-corrected chi connectivity index (χ0v) is 7.35. The van der Waals surface area contributed by atoms with Gasteiger partial charge in [-0.05, 0) is 26.2 Å². The molecule has 0 fully saturated rings. The highest BCUT2D eigenvalue weighted by atomic mass is 14.0. The largest absolute Gasteiger partial charge is 0.103 e. The van der Waals surface area contributed by atoms with Crippen LogP contribution >= 0.6 is 0 Å². The van der Waals surface area contributed by atoms with Crippen LogP contribution in [0.5, 0.6) is 0 Å². The van der Waals surface area contributed by atoms with Crippen LogP contribution in [0.2, 0.25) is 6.32 Å². The van der Waals surface area contributed by atoms with E-state index in [1.807, 2.05) is 6.08 Å². The van der Waals surface area contributed by atoms with Crippen molar-refractivity contribution in [3.63, 3.8) is 0 Å². The van der Waals surface area contributed by atoms with Crippen molar-refractivity contribution >= 4 is 7.85 Å². The van der Waals surface area contributed by atoms with Crippen LogP contribution in [-0.2, 0) is 0 Å². The molecule has 10 heavy (non-hydrogen) atoms. The first-order chi connectivity index (χ1) is 4.70. The van der Waals surface area contributed by atoms with Gasteiger partial charge in [0.25, 0.3) is 0 Å². The van der Waals surface area contributed by atoms with Crippen molar-refractivity contribution in [3.8, 4) is 0 Å². The first-order valence-corrected chi connectivity index (χ1v) is 3.96. The van der Waals surface area contributed by atoms with E-state index in [1.165, 1.54) is 11.9 Å². The topological polar surface area (TPSA) is 0 Å². The van der Waals surface area contributed by atoms with Gasteiger partial charge in [-0.15, -0.1) is 6.58 Å². The molecule has 0 radical (unpaired) electrons. The van der Waals surface area contributed by atoms with E-state index in [4.69, 9.17) is 0 Å². The first-order valence-electron chi connectivity index (χ1n) is 3.96. The highest BCUT2D eigenvalue weighted by Crippen LogP contribution is 2.11. The monoisotopic (exact) mass is 136 g/mol. The summed E-state index contributed by atoms with van der Waals surface area (Å²) in [5.74, 6) is 0.711. The fourth-order valence-electron chi connectivity index (χ4n) is 1.04. The summed E-state index contributed by atoms with van der Waals surface area (Å²) in [5, 5.41) is 0. The number of rotatable bonds is 4. The van der Waals surface area contributed by atoms with Crippen LogP contribution in [-0.4, -0.2) is 7.85 Å². The molecule has 0 aliphatic heterocycles. The predicted molar refractivity (Wildman–Crippen MR) is 51.1 cm³/mol. The summed E-state index contributed by atoms with van der Waals surface area (Å²) in [4.78, 5) is 0. The Hall–Kier alpha value is -0.455. The lowest BCUT2D eigenvalue weighted by atomic mass is 9.88. The van der Waals surface area contributed by atoms with E-state index in [2.05, 4.69) is 34.3 Å². The molecule has 0 saturated carbocycles. The fourth-order valence-corrected chi connectivity index (χ4v) is 1.04. The lowest BCUT2D eigenvalue weighted by Crippen LogP contribution is -1.93. The molecule has 56 valence electrons. The van der Waals surface area contributed by atoms with Gasteiger partial charge >= 0.3 is 0 Å². The van der Waals surface area contributed by atoms with E-state index in [9.17, 15) is 0 Å². The molecular formula is C9H17B. The third-order valence-corrected chi connectivity index (χ3v) is 1.56. The molecule has 0 heterocycles. The number of hydrogen-bond donors (Lipinski definition) is 0. The predicted octanol–water partition coefficient (Wildman–Crippen LogP) is 2.20. The van der Waals surface area contributed by atoms with Crippen LogP contribution in [0.1, 0.15) is 20.3 Å². The van der Waals surface area contributed by atoms with Gasteiger partial charge in [0.1, 0.15) is 7.85 Å². The molecule has 0 aliphatic rings. The molecular weight excluding hydrogens is 119 g/mol. The molecule has 0 rings (SSSR count). The van der Waals surface area contributed by atoms with Gasteiger partial charge in [-0.1, -0.05) is 24.0 Å². The van der Waals surface area contributed by atoms with Crippen LogP contribution in [0.3, 0.4) is 0 Å². The maximum absolute atomic E-state index is 3.73. The quantitative estimate of drug-likeness (QED) is 0.410. The lowest BCUT2D eigenvalue weighted by molar-refractivity contribution is 0.737. The maximum Gasteiger partial charge on any atom is 0.102 e. The average molecular weight is 136 g/mol. The minimum absolute atomic E-state index is 0.711. The first kappa shape index (κ1) is 9.54. The van der Waals surface area contributed by atoms with Crippen LogP contribution < -0.4 is 0 Å². The van der Waals surface area contributed by atoms with Crippen molar-refractivity contribution in [2.75, 3.05) is 0 Å². The second kappa shape index (κ2) is 5.34. The molecule has 1 atom stereocenters. The molecule has 1 unspecified atom stereocenters. The van der Waals surface area contributed by atoms with Crippen LogP contribution in [0.25, 0.3) is 0 Å². The van der Waals surface area contributed by atoms with Gasteiger partial charge in [-0.2, -0.15) is 0 Å². The van der Waals surface area contributed by atoms with E-state index in [0.29, 0.717) is 5.92 Å². The zero-order valence-electron chi connectivity index (χ0n) is 7.35. The number of allylic oxidation sites excluding steroid dienone is 3. The summed E-state index contributed by atoms with van der Waals surface area (Å²) in [6.07, 6.45) is 6.65. The second-order valence-corrected chi connectivity index (χ2v) is 2.94. The Balaban J connectivity index is 3.82. The maximum atomic E-state index is 3.73. The molecule has 0 spiro atoms. The van der Waals surface area contributed by atoms with E-state index in [1.54, 1.807) is 0 Å². The Bertz CT molecular complexity index is 121. The SMILES string of the molecule is BCC(C=C(C)C)CC=C. The number of hydrogen-bond acceptors (Lipinski definition) is 0. The van der Waals surface area contributed by atoms with Gasteiger partial charge in [0.05, 0.1) is 0 Å². The summed E-state index contributed by atoms with van der Waals surface area (Å²) in [6, 6.07) is 0. The van der Waals surface area contributed by atoms with Gasteiger partial charge in [0.15, 0.2) is 0 Å². The molecule has 1 heteroatoms. The smallest absolute Gasteiger partial charge is 0.102 e. The minimum Gasteiger partial charge on any atom is -0.103 e. The Morgan fingerprint density at radius 1 is 1.60 bits per heavy atom. The van der Waals surface area contributed by atoms with Crippen LogP contribution in [0.15, 0.2) is 24.3 Å². The molecule has 0 bridgehead atoms. The van der Waals surface area contributed by atoms with Gasteiger partial charge in [0.2, 0.25) is 0 Å². The molecule has 0 aromatic carbocycles. The standard InChI is InChI=1S/C9H17B/c1-4-5-9(7-10)6-8(2)3/h4,6,9H,1,5,7,10H2,2-3H3. The zero-order chi connectivity index (χ0) is 7.98. The van der Waals surface area contributed by atoms with E-state index < -0.39 is 0 Å². The van der Waals surface area contributed by atoms with E-state index in [0.717, 1.165) is 6.42 Å². The third kappa shape index (κ3) is 4.43. The van der Waals surface area contributed by atoms with Gasteiger partial charge < -0.3 is 0 Å². The summed E-state index contributed by atoms with van der Waals surface area (Å²) in [6.45, 7) is 8.02. The average Bonchev–Trinajstić information content (AvgIpc) is 1.86. The second-order valence-electron chi connectivity index (χ2n) is 2.94. The Morgan fingerprint density at radius 3 is 2.50 bits per heavy atom. The van der Waals surface area contributed by atoms with Crippen molar-refractivity contribution in [2.24, 2.45) is 5.92 Å². The minimum atomic E-state index is 0.711. The van der Waals surface area contributed by atoms with Crippen molar-refractivity contribution in [1.29, 1.82) is 0 Å². The Kier molecular flexibility index (Phi) is 5.10. The molecule has 0 aromatic heterocycles. The van der Waals surface area contributed by atoms with Gasteiger partial charge in [0, 0.05) is 0 Å². The molecule has 0 N–H and O–H groups in total. The molecule has 0 aliphatic carbocycles. The highest BCUT2D eigenvalue weighted by molar-refractivity contribution is 6.08. The van der Waals surface area contributed by atoms with Crippen molar-refractivity contribution in [3.05, 3.63) is 24.3 Å². The molecule has 0 saturated heterocycles. The van der Waals surface area contributed by atoms with E-state index in [-0.39, 0.29) is 0 Å². The molecule has 0 aromatic rings.